The summed E-state index contributed by atoms with van der Waals surface area (Å²) in [5.74, 6) is 0.697. The molecule has 5 heteroatoms. The van der Waals surface area contributed by atoms with Crippen LogP contribution in [0.4, 0.5) is 0 Å². The molecular formula is C16H24N2O3. The molecule has 1 aliphatic rings. The summed E-state index contributed by atoms with van der Waals surface area (Å²) in [7, 11) is 5.44. The van der Waals surface area contributed by atoms with E-state index >= 15 is 0 Å². The van der Waals surface area contributed by atoms with E-state index in [1.165, 1.54) is 0 Å². The highest BCUT2D eigenvalue weighted by Gasteiger charge is 2.45. The van der Waals surface area contributed by atoms with Gasteiger partial charge in [-0.2, -0.15) is 0 Å². The number of likely N-dealkylation sites (N-methyl/N-ethyl adjacent to an activating group) is 1. The van der Waals surface area contributed by atoms with Gasteiger partial charge in [0.25, 0.3) is 0 Å². The van der Waals surface area contributed by atoms with E-state index in [4.69, 9.17) is 4.74 Å². The molecule has 2 N–H and O–H groups in total. The van der Waals surface area contributed by atoms with Crippen LogP contribution in [0.25, 0.3) is 0 Å². The van der Waals surface area contributed by atoms with Gasteiger partial charge in [-0.05, 0) is 51.1 Å². The van der Waals surface area contributed by atoms with Crippen molar-refractivity contribution in [2.24, 2.45) is 0 Å². The maximum atomic E-state index is 12.4. The minimum atomic E-state index is -0.733. The maximum Gasteiger partial charge on any atom is 0.240 e. The Morgan fingerprint density at radius 3 is 2.71 bits per heavy atom. The topological polar surface area (TPSA) is 61.8 Å². The summed E-state index contributed by atoms with van der Waals surface area (Å²) in [6, 6.07) is 7.25. The summed E-state index contributed by atoms with van der Waals surface area (Å²) in [5, 5.41) is 13.1. The number of carbonyl (C=O) groups is 1. The molecule has 0 aliphatic heterocycles. The van der Waals surface area contributed by atoms with Gasteiger partial charge in [-0.3, -0.25) is 9.69 Å². The number of ether oxygens (including phenoxy) is 1. The van der Waals surface area contributed by atoms with Crippen molar-refractivity contribution in [2.75, 3.05) is 27.7 Å². The molecular weight excluding hydrogens is 268 g/mol. The van der Waals surface area contributed by atoms with Gasteiger partial charge in [-0.25, -0.2) is 0 Å². The first kappa shape index (κ1) is 15.8. The second kappa shape index (κ2) is 6.45. The van der Waals surface area contributed by atoms with Crippen molar-refractivity contribution in [2.45, 2.75) is 30.9 Å². The number of aliphatic hydroxyl groups excluding tert-OH is 1. The van der Waals surface area contributed by atoms with Crippen molar-refractivity contribution in [3.05, 3.63) is 29.8 Å². The largest absolute Gasteiger partial charge is 0.497 e. The highest BCUT2D eigenvalue weighted by Crippen LogP contribution is 2.36. The third-order valence-electron chi connectivity index (χ3n) is 4.39. The van der Waals surface area contributed by atoms with Crippen molar-refractivity contribution >= 4 is 5.91 Å². The third kappa shape index (κ3) is 3.19. The number of hydrogen-bond acceptors (Lipinski definition) is 4. The average molecular weight is 292 g/mol. The second-order valence-electron chi connectivity index (χ2n) is 5.78. The fourth-order valence-electron chi connectivity index (χ4n) is 2.71. The Bertz CT molecular complexity index is 498. The number of hydrogen-bond donors (Lipinski definition) is 2. The number of nitrogens with one attached hydrogen (secondary N) is 1. The summed E-state index contributed by atoms with van der Waals surface area (Å²) >= 11 is 0. The van der Waals surface area contributed by atoms with Gasteiger partial charge in [0, 0.05) is 6.54 Å². The Balaban J connectivity index is 1.94. The highest BCUT2D eigenvalue weighted by atomic mass is 16.5. The van der Waals surface area contributed by atoms with Gasteiger partial charge in [0.05, 0.1) is 18.8 Å². The highest BCUT2D eigenvalue weighted by molar-refractivity contribution is 5.87. The lowest BCUT2D eigenvalue weighted by Gasteiger charge is -2.45. The molecule has 0 spiro atoms. The van der Waals surface area contributed by atoms with Crippen molar-refractivity contribution in [3.8, 4) is 5.75 Å². The first-order valence-electron chi connectivity index (χ1n) is 7.27. The van der Waals surface area contributed by atoms with Crippen LogP contribution in [0.5, 0.6) is 5.75 Å². The quantitative estimate of drug-likeness (QED) is 0.830. The van der Waals surface area contributed by atoms with Gasteiger partial charge in [-0.1, -0.05) is 12.1 Å². The van der Waals surface area contributed by atoms with Crippen LogP contribution in [0.15, 0.2) is 24.3 Å². The first-order valence-corrected chi connectivity index (χ1v) is 7.27. The summed E-state index contributed by atoms with van der Waals surface area (Å²) < 4.78 is 5.14. The molecule has 0 bridgehead atoms. The lowest BCUT2D eigenvalue weighted by atomic mass is 9.75. The molecule has 1 amide bonds. The number of carbonyl (C=O) groups excluding carboxylic acids is 1. The van der Waals surface area contributed by atoms with E-state index in [1.54, 1.807) is 13.2 Å². The van der Waals surface area contributed by atoms with Crippen LogP contribution in [0.2, 0.25) is 0 Å². The molecule has 1 unspecified atom stereocenters. The smallest absolute Gasteiger partial charge is 0.240 e. The Labute approximate surface area is 125 Å². The number of amides is 1. The van der Waals surface area contributed by atoms with E-state index in [-0.39, 0.29) is 12.5 Å². The van der Waals surface area contributed by atoms with E-state index in [0.717, 1.165) is 24.8 Å². The van der Waals surface area contributed by atoms with Crippen LogP contribution in [0, 0.1) is 0 Å². The minimum absolute atomic E-state index is 0.000645. The standard InChI is InChI=1S/C16H24N2O3/c1-18(2)16(8-5-9-16)15(20)17-11-14(19)12-6-4-7-13(10-12)21-3/h4,6-7,10,14,19H,5,8-9,11H2,1-3H3,(H,17,20). The van der Waals surface area contributed by atoms with Gasteiger partial charge in [0.15, 0.2) is 0 Å². The number of methoxy groups -OCH3 is 1. The Morgan fingerprint density at radius 2 is 2.19 bits per heavy atom. The summed E-state index contributed by atoms with van der Waals surface area (Å²) in [5.41, 5.74) is 0.343. The second-order valence-corrected chi connectivity index (χ2v) is 5.78. The van der Waals surface area contributed by atoms with Gasteiger partial charge >= 0.3 is 0 Å². The summed E-state index contributed by atoms with van der Waals surface area (Å²) in [4.78, 5) is 14.3. The molecule has 1 saturated carbocycles. The Morgan fingerprint density at radius 1 is 1.48 bits per heavy atom. The van der Waals surface area contributed by atoms with Crippen molar-refractivity contribution in [1.29, 1.82) is 0 Å². The molecule has 2 rings (SSSR count). The summed E-state index contributed by atoms with van der Waals surface area (Å²) in [6.07, 6.45) is 2.09. The van der Waals surface area contributed by atoms with Crippen LogP contribution in [0.3, 0.4) is 0 Å². The monoisotopic (exact) mass is 292 g/mol. The lowest BCUT2D eigenvalue weighted by molar-refractivity contribution is -0.137. The molecule has 0 heterocycles. The van der Waals surface area contributed by atoms with Gasteiger partial charge in [0.1, 0.15) is 5.75 Å². The zero-order valence-corrected chi connectivity index (χ0v) is 12.9. The molecule has 0 aromatic heterocycles. The normalized spacial score (nSPS) is 18.0. The number of nitrogens with zero attached hydrogens (tertiary/aromatic N) is 1. The molecule has 1 aliphatic carbocycles. The first-order chi connectivity index (χ1) is 9.99. The van der Waals surface area contributed by atoms with Gasteiger partial charge < -0.3 is 15.2 Å². The van der Waals surface area contributed by atoms with Gasteiger partial charge in [0.2, 0.25) is 5.91 Å². The molecule has 116 valence electrons. The van der Waals surface area contributed by atoms with Crippen molar-refractivity contribution in [3.63, 3.8) is 0 Å². The number of rotatable bonds is 6. The predicted molar refractivity (Wildman–Crippen MR) is 81.2 cm³/mol. The SMILES string of the molecule is COc1cccc(C(O)CNC(=O)C2(N(C)C)CCC2)c1. The summed E-state index contributed by atoms with van der Waals surface area (Å²) in [6.45, 7) is 0.210. The minimum Gasteiger partial charge on any atom is -0.497 e. The molecule has 5 nitrogen and oxygen atoms in total. The molecule has 1 aromatic rings. The van der Waals surface area contributed by atoms with Crippen molar-refractivity contribution < 1.29 is 14.6 Å². The van der Waals surface area contributed by atoms with Gasteiger partial charge in [-0.15, -0.1) is 0 Å². The van der Waals surface area contributed by atoms with E-state index in [1.807, 2.05) is 37.2 Å². The predicted octanol–water partition coefficient (Wildman–Crippen LogP) is 1.33. The zero-order valence-electron chi connectivity index (χ0n) is 12.9. The molecule has 1 fully saturated rings. The molecule has 21 heavy (non-hydrogen) atoms. The molecule has 0 saturated heterocycles. The molecule has 0 radical (unpaired) electrons. The maximum absolute atomic E-state index is 12.4. The van der Waals surface area contributed by atoms with Crippen molar-refractivity contribution in [1.82, 2.24) is 10.2 Å². The van der Waals surface area contributed by atoms with Crippen LogP contribution in [0.1, 0.15) is 30.9 Å². The van der Waals surface area contributed by atoms with Crippen LogP contribution in [-0.2, 0) is 4.79 Å². The van der Waals surface area contributed by atoms with Crippen LogP contribution in [-0.4, -0.2) is 49.2 Å². The fourth-order valence-corrected chi connectivity index (χ4v) is 2.71. The zero-order chi connectivity index (χ0) is 15.5. The van der Waals surface area contributed by atoms with E-state index in [0.29, 0.717) is 5.75 Å². The Kier molecular flexibility index (Phi) is 4.85. The average Bonchev–Trinajstić information content (AvgIpc) is 2.43. The van der Waals surface area contributed by atoms with E-state index in [9.17, 15) is 9.90 Å². The Hall–Kier alpha value is -1.59. The molecule has 1 aromatic carbocycles. The van der Waals surface area contributed by atoms with Crippen LogP contribution < -0.4 is 10.1 Å². The lowest BCUT2D eigenvalue weighted by Crippen LogP contribution is -2.60. The van der Waals surface area contributed by atoms with Crippen LogP contribution >= 0.6 is 0 Å². The van der Waals surface area contributed by atoms with E-state index < -0.39 is 11.6 Å². The molecule has 1 atom stereocenters. The third-order valence-corrected chi connectivity index (χ3v) is 4.39. The van der Waals surface area contributed by atoms with E-state index in [2.05, 4.69) is 5.32 Å². The number of aliphatic hydroxyl groups is 1. The fraction of sp³-hybridized carbons (Fsp3) is 0.562. The number of benzene rings is 1.